The smallest absolute Gasteiger partial charge is 0.134 e. The van der Waals surface area contributed by atoms with E-state index in [2.05, 4.69) is 0 Å². The molecule has 0 saturated heterocycles. The maximum Gasteiger partial charge on any atom is 0.134 e. The number of furan rings is 1. The van der Waals surface area contributed by atoms with E-state index in [9.17, 15) is 0 Å². The predicted octanol–water partition coefficient (Wildman–Crippen LogP) is 2.44. The van der Waals surface area contributed by atoms with Crippen LogP contribution in [0.5, 0.6) is 0 Å². The third kappa shape index (κ3) is 2.90. The lowest BCUT2D eigenvalue weighted by atomic mass is 10.1. The summed E-state index contributed by atoms with van der Waals surface area (Å²) in [6.07, 6.45) is 0. The van der Waals surface area contributed by atoms with Gasteiger partial charge in [-0.25, -0.2) is 0 Å². The van der Waals surface area contributed by atoms with Gasteiger partial charge in [-0.05, 0) is 13.0 Å². The minimum Gasteiger partial charge on any atom is -0.459 e. The second kappa shape index (κ2) is 6.54. The molecule has 0 bridgehead atoms. The molecule has 98 valence electrons. The Bertz CT molecular complexity index is 493. The molecule has 0 spiro atoms. The molecule has 0 amide bonds. The van der Waals surface area contributed by atoms with Crippen LogP contribution >= 0.6 is 0 Å². The number of hydrogen-bond donors (Lipinski definition) is 1. The van der Waals surface area contributed by atoms with Gasteiger partial charge in [0.25, 0.3) is 0 Å². The zero-order valence-electron chi connectivity index (χ0n) is 10.6. The van der Waals surface area contributed by atoms with Crippen molar-refractivity contribution in [3.05, 3.63) is 35.6 Å². The van der Waals surface area contributed by atoms with Crippen LogP contribution in [0.2, 0.25) is 0 Å². The van der Waals surface area contributed by atoms with Crippen LogP contribution < -0.4 is 5.73 Å². The SMILES string of the molecule is CCOCCOCc1c(CN)oc2ccccc12. The summed E-state index contributed by atoms with van der Waals surface area (Å²) in [7, 11) is 0. The van der Waals surface area contributed by atoms with Crippen molar-refractivity contribution in [2.45, 2.75) is 20.1 Å². The van der Waals surface area contributed by atoms with Gasteiger partial charge in [-0.1, -0.05) is 18.2 Å². The van der Waals surface area contributed by atoms with Gasteiger partial charge in [0.05, 0.1) is 26.4 Å². The first kappa shape index (κ1) is 13.1. The molecule has 1 heterocycles. The molecule has 0 unspecified atom stereocenters. The fraction of sp³-hybridized carbons (Fsp3) is 0.429. The molecule has 0 saturated carbocycles. The molecule has 2 aromatic rings. The van der Waals surface area contributed by atoms with E-state index >= 15 is 0 Å². The van der Waals surface area contributed by atoms with E-state index in [4.69, 9.17) is 19.6 Å². The number of nitrogens with two attached hydrogens (primary N) is 1. The monoisotopic (exact) mass is 249 g/mol. The van der Waals surface area contributed by atoms with E-state index in [-0.39, 0.29) is 0 Å². The fourth-order valence-corrected chi connectivity index (χ4v) is 1.91. The molecule has 0 aliphatic rings. The number of hydrogen-bond acceptors (Lipinski definition) is 4. The van der Waals surface area contributed by atoms with Crippen molar-refractivity contribution >= 4 is 11.0 Å². The van der Waals surface area contributed by atoms with Crippen molar-refractivity contribution in [1.29, 1.82) is 0 Å². The Morgan fingerprint density at radius 3 is 2.72 bits per heavy atom. The molecule has 2 rings (SSSR count). The van der Waals surface area contributed by atoms with Gasteiger partial charge >= 0.3 is 0 Å². The van der Waals surface area contributed by atoms with Gasteiger partial charge in [-0.2, -0.15) is 0 Å². The first-order valence-electron chi connectivity index (χ1n) is 6.21. The van der Waals surface area contributed by atoms with Gasteiger partial charge in [-0.15, -0.1) is 0 Å². The molecular formula is C14H19NO3. The standard InChI is InChI=1S/C14H19NO3/c1-2-16-7-8-17-10-12-11-5-3-4-6-13(11)18-14(12)9-15/h3-6H,2,7-10,15H2,1H3. The maximum atomic E-state index is 5.69. The summed E-state index contributed by atoms with van der Waals surface area (Å²) in [5.74, 6) is 0.799. The quantitative estimate of drug-likeness (QED) is 0.766. The summed E-state index contributed by atoms with van der Waals surface area (Å²) in [5.41, 5.74) is 7.60. The summed E-state index contributed by atoms with van der Waals surface area (Å²) < 4.78 is 16.5. The molecule has 0 aliphatic carbocycles. The molecule has 18 heavy (non-hydrogen) atoms. The molecule has 0 fully saturated rings. The molecule has 0 aliphatic heterocycles. The topological polar surface area (TPSA) is 57.6 Å². The normalized spacial score (nSPS) is 11.2. The number of rotatable bonds is 7. The number of benzene rings is 1. The molecule has 2 N–H and O–H groups in total. The molecule has 4 nitrogen and oxygen atoms in total. The predicted molar refractivity (Wildman–Crippen MR) is 70.3 cm³/mol. The second-order valence-electron chi connectivity index (χ2n) is 3.95. The minimum atomic E-state index is 0.388. The summed E-state index contributed by atoms with van der Waals surface area (Å²) in [6, 6.07) is 7.91. The van der Waals surface area contributed by atoms with Gasteiger partial charge in [0.1, 0.15) is 11.3 Å². The highest BCUT2D eigenvalue weighted by molar-refractivity contribution is 5.82. The van der Waals surface area contributed by atoms with Crippen LogP contribution in [-0.4, -0.2) is 19.8 Å². The molecule has 1 aromatic carbocycles. The Labute approximate surface area is 107 Å². The van der Waals surface area contributed by atoms with Gasteiger partial charge in [-0.3, -0.25) is 0 Å². The maximum absolute atomic E-state index is 5.69. The van der Waals surface area contributed by atoms with Gasteiger partial charge < -0.3 is 19.6 Å². The van der Waals surface area contributed by atoms with E-state index in [1.54, 1.807) is 0 Å². The molecule has 0 radical (unpaired) electrons. The summed E-state index contributed by atoms with van der Waals surface area (Å²) in [4.78, 5) is 0. The molecular weight excluding hydrogens is 230 g/mol. The minimum absolute atomic E-state index is 0.388. The van der Waals surface area contributed by atoms with Crippen molar-refractivity contribution in [3.8, 4) is 0 Å². The Morgan fingerprint density at radius 1 is 1.17 bits per heavy atom. The number of fused-ring (bicyclic) bond motifs is 1. The summed E-state index contributed by atoms with van der Waals surface area (Å²) >= 11 is 0. The van der Waals surface area contributed by atoms with Crippen molar-refractivity contribution < 1.29 is 13.9 Å². The van der Waals surface area contributed by atoms with Crippen LogP contribution in [0.1, 0.15) is 18.2 Å². The van der Waals surface area contributed by atoms with Crippen LogP contribution in [0.15, 0.2) is 28.7 Å². The van der Waals surface area contributed by atoms with Gasteiger partial charge in [0.2, 0.25) is 0 Å². The Morgan fingerprint density at radius 2 is 1.94 bits per heavy atom. The van der Waals surface area contributed by atoms with E-state index in [0.29, 0.717) is 33.0 Å². The van der Waals surface area contributed by atoms with E-state index in [1.165, 1.54) is 0 Å². The Kier molecular flexibility index (Phi) is 4.75. The lowest BCUT2D eigenvalue weighted by molar-refractivity contribution is 0.0451. The molecule has 0 atom stereocenters. The lowest BCUT2D eigenvalue weighted by Gasteiger charge is -2.04. The lowest BCUT2D eigenvalue weighted by Crippen LogP contribution is -2.05. The highest BCUT2D eigenvalue weighted by atomic mass is 16.5. The summed E-state index contributed by atoms with van der Waals surface area (Å²) in [5, 5.41) is 1.08. The zero-order valence-corrected chi connectivity index (χ0v) is 10.6. The largest absolute Gasteiger partial charge is 0.459 e. The number of ether oxygens (including phenoxy) is 2. The average Bonchev–Trinajstić information content (AvgIpc) is 2.77. The van der Waals surface area contributed by atoms with E-state index < -0.39 is 0 Å². The Balaban J connectivity index is 2.06. The van der Waals surface area contributed by atoms with Crippen molar-refractivity contribution in [1.82, 2.24) is 0 Å². The van der Waals surface area contributed by atoms with Crippen LogP contribution in [0, 0.1) is 0 Å². The fourth-order valence-electron chi connectivity index (χ4n) is 1.91. The van der Waals surface area contributed by atoms with Gasteiger partial charge in [0.15, 0.2) is 0 Å². The van der Waals surface area contributed by atoms with Gasteiger partial charge in [0, 0.05) is 17.6 Å². The van der Waals surface area contributed by atoms with Crippen LogP contribution in [-0.2, 0) is 22.6 Å². The van der Waals surface area contributed by atoms with Crippen LogP contribution in [0.4, 0.5) is 0 Å². The molecule has 4 heteroatoms. The third-order valence-corrected chi connectivity index (χ3v) is 2.79. The molecule has 1 aromatic heterocycles. The van der Waals surface area contributed by atoms with Crippen molar-refractivity contribution in [2.75, 3.05) is 19.8 Å². The highest BCUT2D eigenvalue weighted by Crippen LogP contribution is 2.26. The first-order valence-corrected chi connectivity index (χ1v) is 6.21. The van der Waals surface area contributed by atoms with Crippen LogP contribution in [0.25, 0.3) is 11.0 Å². The van der Waals surface area contributed by atoms with E-state index in [1.807, 2.05) is 31.2 Å². The average molecular weight is 249 g/mol. The highest BCUT2D eigenvalue weighted by Gasteiger charge is 2.12. The van der Waals surface area contributed by atoms with Crippen molar-refractivity contribution in [2.24, 2.45) is 5.73 Å². The summed E-state index contributed by atoms with van der Waals surface area (Å²) in [6.45, 7) is 4.78. The Hall–Kier alpha value is -1.36. The first-order chi connectivity index (χ1) is 8.86. The zero-order chi connectivity index (χ0) is 12.8. The third-order valence-electron chi connectivity index (χ3n) is 2.79. The number of para-hydroxylation sites is 1. The van der Waals surface area contributed by atoms with Crippen LogP contribution in [0.3, 0.4) is 0 Å². The van der Waals surface area contributed by atoms with E-state index in [0.717, 1.165) is 22.3 Å². The van der Waals surface area contributed by atoms with Crippen molar-refractivity contribution in [3.63, 3.8) is 0 Å². The second-order valence-corrected chi connectivity index (χ2v) is 3.95.